The van der Waals surface area contributed by atoms with Gasteiger partial charge in [-0.1, -0.05) is 26.7 Å². The van der Waals surface area contributed by atoms with Crippen LogP contribution in [0.3, 0.4) is 0 Å². The highest BCUT2D eigenvalue weighted by atomic mass is 15.2. The van der Waals surface area contributed by atoms with Crippen molar-refractivity contribution >= 4 is 0 Å². The average molecular weight is 250 g/mol. The van der Waals surface area contributed by atoms with Crippen LogP contribution in [0.25, 0.3) is 0 Å². The van der Waals surface area contributed by atoms with Gasteiger partial charge < -0.3 is 5.32 Å². The Kier molecular flexibility index (Phi) is 3.68. The molecular formula is C16H30N2. The van der Waals surface area contributed by atoms with Crippen molar-refractivity contribution in [3.8, 4) is 0 Å². The summed E-state index contributed by atoms with van der Waals surface area (Å²) in [4.78, 5) is 2.84. The first-order valence-corrected chi connectivity index (χ1v) is 8.18. The molecule has 0 amide bonds. The molecule has 2 unspecified atom stereocenters. The van der Waals surface area contributed by atoms with Gasteiger partial charge in [-0.2, -0.15) is 0 Å². The minimum absolute atomic E-state index is 0.624. The van der Waals surface area contributed by atoms with Crippen molar-refractivity contribution in [2.75, 3.05) is 19.6 Å². The summed E-state index contributed by atoms with van der Waals surface area (Å²) in [6.45, 7) is 8.79. The van der Waals surface area contributed by atoms with E-state index in [1.807, 2.05) is 0 Å². The number of hydrogen-bond donors (Lipinski definition) is 1. The number of hydrogen-bond acceptors (Lipinski definition) is 2. The lowest BCUT2D eigenvalue weighted by Gasteiger charge is -2.44. The van der Waals surface area contributed by atoms with Gasteiger partial charge in [0.05, 0.1) is 0 Å². The monoisotopic (exact) mass is 250 g/mol. The lowest BCUT2D eigenvalue weighted by molar-refractivity contribution is 0.0723. The zero-order valence-electron chi connectivity index (χ0n) is 12.3. The third-order valence-electron chi connectivity index (χ3n) is 5.62. The minimum Gasteiger partial charge on any atom is -0.311 e. The van der Waals surface area contributed by atoms with Crippen LogP contribution in [0.1, 0.15) is 58.8 Å². The van der Waals surface area contributed by atoms with Crippen molar-refractivity contribution < 1.29 is 0 Å². The molecule has 2 nitrogen and oxygen atoms in total. The van der Waals surface area contributed by atoms with E-state index < -0.39 is 0 Å². The number of nitrogens with zero attached hydrogens (tertiary/aromatic N) is 1. The van der Waals surface area contributed by atoms with Gasteiger partial charge in [0.1, 0.15) is 0 Å². The van der Waals surface area contributed by atoms with Crippen molar-refractivity contribution in [2.45, 2.75) is 70.9 Å². The van der Waals surface area contributed by atoms with E-state index in [0.717, 1.165) is 18.0 Å². The maximum atomic E-state index is 3.81. The Morgan fingerprint density at radius 2 is 1.94 bits per heavy atom. The molecule has 104 valence electrons. The average Bonchev–Trinajstić information content (AvgIpc) is 3.13. The molecule has 3 aliphatic rings. The smallest absolute Gasteiger partial charge is 0.0224 e. The van der Waals surface area contributed by atoms with Gasteiger partial charge in [0.25, 0.3) is 0 Å². The van der Waals surface area contributed by atoms with Crippen LogP contribution in [0.4, 0.5) is 0 Å². The highest BCUT2D eigenvalue weighted by Gasteiger charge is 2.39. The van der Waals surface area contributed by atoms with E-state index in [9.17, 15) is 0 Å². The lowest BCUT2D eigenvalue weighted by Crippen LogP contribution is -2.58. The van der Waals surface area contributed by atoms with Crippen LogP contribution in [0.2, 0.25) is 0 Å². The molecule has 18 heavy (non-hydrogen) atoms. The predicted octanol–water partition coefficient (Wildman–Crippen LogP) is 3.03. The van der Waals surface area contributed by atoms with Gasteiger partial charge in [0.15, 0.2) is 0 Å². The Bertz CT molecular complexity index is 279. The molecule has 0 bridgehead atoms. The predicted molar refractivity (Wildman–Crippen MR) is 76.7 cm³/mol. The molecule has 0 radical (unpaired) electrons. The van der Waals surface area contributed by atoms with Gasteiger partial charge in [-0.05, 0) is 43.4 Å². The summed E-state index contributed by atoms with van der Waals surface area (Å²) in [7, 11) is 0. The fourth-order valence-corrected chi connectivity index (χ4v) is 4.17. The maximum Gasteiger partial charge on any atom is 0.0224 e. The van der Waals surface area contributed by atoms with Gasteiger partial charge in [-0.15, -0.1) is 0 Å². The molecule has 0 aromatic carbocycles. The minimum atomic E-state index is 0.624. The van der Waals surface area contributed by atoms with E-state index in [1.54, 1.807) is 0 Å². The van der Waals surface area contributed by atoms with Crippen LogP contribution in [0.15, 0.2) is 0 Å². The van der Waals surface area contributed by atoms with Gasteiger partial charge in [-0.25, -0.2) is 0 Å². The van der Waals surface area contributed by atoms with Gasteiger partial charge in [0.2, 0.25) is 0 Å². The van der Waals surface area contributed by atoms with E-state index >= 15 is 0 Å². The van der Waals surface area contributed by atoms with E-state index in [0.29, 0.717) is 5.41 Å². The number of nitrogens with one attached hydrogen (secondary N) is 1. The summed E-state index contributed by atoms with van der Waals surface area (Å²) in [6, 6.07) is 1.59. The summed E-state index contributed by atoms with van der Waals surface area (Å²) in [6.07, 6.45) is 10.1. The third-order valence-corrected chi connectivity index (χ3v) is 5.62. The zero-order valence-corrected chi connectivity index (χ0v) is 12.3. The van der Waals surface area contributed by atoms with E-state index in [2.05, 4.69) is 24.1 Å². The first kappa shape index (κ1) is 12.9. The first-order chi connectivity index (χ1) is 8.70. The normalized spacial score (nSPS) is 37.0. The van der Waals surface area contributed by atoms with Crippen LogP contribution in [0, 0.1) is 11.3 Å². The van der Waals surface area contributed by atoms with Crippen molar-refractivity contribution in [3.05, 3.63) is 0 Å². The summed E-state index contributed by atoms with van der Waals surface area (Å²) in [5.41, 5.74) is 0.624. The van der Waals surface area contributed by atoms with Crippen LogP contribution in [-0.2, 0) is 0 Å². The Hall–Kier alpha value is -0.0800. The lowest BCUT2D eigenvalue weighted by atomic mass is 9.87. The Morgan fingerprint density at radius 3 is 2.56 bits per heavy atom. The van der Waals surface area contributed by atoms with E-state index in [1.165, 1.54) is 64.6 Å². The van der Waals surface area contributed by atoms with Crippen molar-refractivity contribution in [2.24, 2.45) is 11.3 Å². The third kappa shape index (κ3) is 2.75. The molecular weight excluding hydrogens is 220 g/mol. The summed E-state index contributed by atoms with van der Waals surface area (Å²) in [5, 5.41) is 3.81. The fraction of sp³-hybridized carbons (Fsp3) is 1.00. The Morgan fingerprint density at radius 1 is 1.22 bits per heavy atom. The van der Waals surface area contributed by atoms with Crippen LogP contribution in [0.5, 0.6) is 0 Å². The highest BCUT2D eigenvalue weighted by Crippen LogP contribution is 2.40. The molecule has 1 saturated heterocycles. The van der Waals surface area contributed by atoms with Gasteiger partial charge in [-0.3, -0.25) is 4.90 Å². The molecule has 2 atom stereocenters. The van der Waals surface area contributed by atoms with Crippen LogP contribution in [-0.4, -0.2) is 36.6 Å². The first-order valence-electron chi connectivity index (χ1n) is 8.18. The summed E-state index contributed by atoms with van der Waals surface area (Å²) < 4.78 is 0. The Balaban J connectivity index is 1.62. The molecule has 2 aliphatic carbocycles. The highest BCUT2D eigenvalue weighted by molar-refractivity contribution is 4.96. The van der Waals surface area contributed by atoms with E-state index in [-0.39, 0.29) is 0 Å². The second-order valence-corrected chi connectivity index (χ2v) is 7.36. The zero-order chi connectivity index (χ0) is 12.6. The maximum absolute atomic E-state index is 3.81. The number of piperazine rings is 1. The molecule has 1 N–H and O–H groups in total. The molecule has 0 spiro atoms. The molecule has 3 rings (SSSR count). The molecule has 0 aromatic rings. The largest absolute Gasteiger partial charge is 0.311 e. The summed E-state index contributed by atoms with van der Waals surface area (Å²) in [5.74, 6) is 1.00. The van der Waals surface area contributed by atoms with Crippen molar-refractivity contribution in [3.63, 3.8) is 0 Å². The van der Waals surface area contributed by atoms with Gasteiger partial charge in [0, 0.05) is 31.7 Å². The molecule has 1 heterocycles. The second kappa shape index (κ2) is 5.13. The van der Waals surface area contributed by atoms with Crippen molar-refractivity contribution in [1.82, 2.24) is 10.2 Å². The van der Waals surface area contributed by atoms with Crippen LogP contribution < -0.4 is 5.32 Å². The van der Waals surface area contributed by atoms with Crippen LogP contribution >= 0.6 is 0 Å². The molecule has 0 aromatic heterocycles. The van der Waals surface area contributed by atoms with Crippen molar-refractivity contribution in [1.29, 1.82) is 0 Å². The topological polar surface area (TPSA) is 15.3 Å². The quantitative estimate of drug-likeness (QED) is 0.825. The fourth-order valence-electron chi connectivity index (χ4n) is 4.17. The second-order valence-electron chi connectivity index (χ2n) is 7.36. The molecule has 2 heteroatoms. The summed E-state index contributed by atoms with van der Waals surface area (Å²) >= 11 is 0. The van der Waals surface area contributed by atoms with Gasteiger partial charge >= 0.3 is 0 Å². The SMILES string of the molecule is CCC1CNC(C2CC2)CN1CC1(C)CCCC1. The number of rotatable bonds is 4. The molecule has 1 aliphatic heterocycles. The standard InChI is InChI=1S/C16H30N2/c1-3-14-10-17-15(13-6-7-13)11-18(14)12-16(2)8-4-5-9-16/h13-15,17H,3-12H2,1-2H3. The molecule has 3 fully saturated rings. The van der Waals surface area contributed by atoms with E-state index in [4.69, 9.17) is 0 Å². The Labute approximate surface area is 113 Å². The molecule has 2 saturated carbocycles.